The summed E-state index contributed by atoms with van der Waals surface area (Å²) in [6.45, 7) is 6.16. The molecule has 6 nitrogen and oxygen atoms in total. The van der Waals surface area contributed by atoms with E-state index >= 15 is 0 Å². The number of ether oxygens (including phenoxy) is 2. The SMILES string of the molecule is C=C1[C@@H](C)[C@H](n2ncc3c(Cl)cc(Cl)nc32)O[C@@H]1COC(=O)c1ccccc1. The Bertz CT molecular complexity index is 1050. The number of rotatable bonds is 4. The van der Waals surface area contributed by atoms with E-state index in [9.17, 15) is 4.79 Å². The normalized spacial score (nSPS) is 22.0. The molecule has 1 saturated heterocycles. The van der Waals surface area contributed by atoms with Gasteiger partial charge >= 0.3 is 5.97 Å². The van der Waals surface area contributed by atoms with E-state index in [1.807, 2.05) is 13.0 Å². The van der Waals surface area contributed by atoms with Crippen LogP contribution in [0.25, 0.3) is 11.0 Å². The van der Waals surface area contributed by atoms with Gasteiger partial charge in [-0.3, -0.25) is 0 Å². The number of aromatic nitrogens is 3. The van der Waals surface area contributed by atoms with Crippen LogP contribution < -0.4 is 0 Å². The van der Waals surface area contributed by atoms with Gasteiger partial charge in [0.2, 0.25) is 0 Å². The maximum absolute atomic E-state index is 12.2. The van der Waals surface area contributed by atoms with Gasteiger partial charge in [0.05, 0.1) is 22.2 Å². The topological polar surface area (TPSA) is 66.2 Å². The van der Waals surface area contributed by atoms with Crippen molar-refractivity contribution in [3.63, 3.8) is 0 Å². The number of fused-ring (bicyclic) bond motifs is 1. The summed E-state index contributed by atoms with van der Waals surface area (Å²) in [6.07, 6.45) is 0.733. The van der Waals surface area contributed by atoms with Gasteiger partial charge in [-0.25, -0.2) is 14.5 Å². The molecule has 3 heterocycles. The molecule has 0 saturated carbocycles. The zero-order valence-corrected chi connectivity index (χ0v) is 16.5. The second-order valence-corrected chi connectivity index (χ2v) is 7.39. The molecule has 2 aromatic heterocycles. The summed E-state index contributed by atoms with van der Waals surface area (Å²) in [5.41, 5.74) is 1.84. The zero-order valence-electron chi connectivity index (χ0n) is 15.0. The lowest BCUT2D eigenvalue weighted by atomic mass is 10.0. The first kappa shape index (κ1) is 18.9. The molecule has 0 bridgehead atoms. The summed E-state index contributed by atoms with van der Waals surface area (Å²) in [7, 11) is 0. The molecule has 1 aliphatic heterocycles. The third-order valence-corrected chi connectivity index (χ3v) is 5.34. The third-order valence-electron chi connectivity index (χ3n) is 4.83. The first-order valence-electron chi connectivity index (χ1n) is 8.71. The van der Waals surface area contributed by atoms with E-state index in [2.05, 4.69) is 16.7 Å². The molecule has 0 amide bonds. The number of hydrogen-bond acceptors (Lipinski definition) is 5. The van der Waals surface area contributed by atoms with Gasteiger partial charge in [-0.2, -0.15) is 5.10 Å². The Labute approximate surface area is 171 Å². The molecule has 0 N–H and O–H groups in total. The van der Waals surface area contributed by atoms with Crippen LogP contribution in [0.4, 0.5) is 0 Å². The molecule has 1 fully saturated rings. The fraction of sp³-hybridized carbons (Fsp3) is 0.250. The summed E-state index contributed by atoms with van der Waals surface area (Å²) in [6, 6.07) is 10.4. The first-order chi connectivity index (χ1) is 13.5. The van der Waals surface area contributed by atoms with Gasteiger partial charge in [-0.15, -0.1) is 0 Å². The highest BCUT2D eigenvalue weighted by atomic mass is 35.5. The van der Waals surface area contributed by atoms with Gasteiger partial charge in [0.1, 0.15) is 17.9 Å². The highest BCUT2D eigenvalue weighted by Crippen LogP contribution is 2.39. The van der Waals surface area contributed by atoms with Gasteiger partial charge in [0, 0.05) is 5.92 Å². The monoisotopic (exact) mass is 417 g/mol. The van der Waals surface area contributed by atoms with Crippen molar-refractivity contribution >= 4 is 40.2 Å². The number of nitrogens with zero attached hydrogens (tertiary/aromatic N) is 3. The molecular formula is C20H17Cl2N3O3. The van der Waals surface area contributed by atoms with Crippen LogP contribution in [-0.4, -0.2) is 33.4 Å². The van der Waals surface area contributed by atoms with Crippen LogP contribution in [0.2, 0.25) is 10.2 Å². The minimum Gasteiger partial charge on any atom is -0.459 e. The van der Waals surface area contributed by atoms with Crippen molar-refractivity contribution in [3.05, 3.63) is 70.5 Å². The molecule has 3 aromatic rings. The molecule has 0 radical (unpaired) electrons. The Morgan fingerprint density at radius 2 is 2.07 bits per heavy atom. The second kappa shape index (κ2) is 7.54. The maximum atomic E-state index is 12.2. The van der Waals surface area contributed by atoms with Crippen molar-refractivity contribution in [1.29, 1.82) is 0 Å². The predicted octanol–water partition coefficient (Wildman–Crippen LogP) is 4.68. The van der Waals surface area contributed by atoms with Crippen LogP contribution in [-0.2, 0) is 9.47 Å². The minimum atomic E-state index is -0.451. The van der Waals surface area contributed by atoms with Crippen LogP contribution in [0, 0.1) is 5.92 Å². The van der Waals surface area contributed by atoms with Crippen LogP contribution >= 0.6 is 23.2 Å². The lowest BCUT2D eigenvalue weighted by molar-refractivity contribution is -0.0394. The number of benzene rings is 1. The lowest BCUT2D eigenvalue weighted by Gasteiger charge is -2.16. The number of carbonyl (C=O) groups excluding carboxylic acids is 1. The van der Waals surface area contributed by atoms with E-state index < -0.39 is 18.3 Å². The molecule has 3 atom stereocenters. The number of halogens is 2. The first-order valence-corrected chi connectivity index (χ1v) is 9.47. The molecule has 8 heteroatoms. The molecular weight excluding hydrogens is 401 g/mol. The van der Waals surface area contributed by atoms with Gasteiger partial charge in [0.25, 0.3) is 0 Å². The average molecular weight is 418 g/mol. The largest absolute Gasteiger partial charge is 0.459 e. The van der Waals surface area contributed by atoms with Crippen molar-refractivity contribution < 1.29 is 14.3 Å². The summed E-state index contributed by atoms with van der Waals surface area (Å²) in [4.78, 5) is 16.5. The van der Waals surface area contributed by atoms with E-state index in [1.165, 1.54) is 0 Å². The van der Waals surface area contributed by atoms with Gasteiger partial charge in [-0.05, 0) is 23.8 Å². The number of esters is 1. The molecule has 4 rings (SSSR count). The summed E-state index contributed by atoms with van der Waals surface area (Å²) < 4.78 is 13.2. The molecule has 0 unspecified atom stereocenters. The zero-order chi connectivity index (χ0) is 19.8. The molecule has 28 heavy (non-hydrogen) atoms. The van der Waals surface area contributed by atoms with Crippen molar-refractivity contribution in [1.82, 2.24) is 14.8 Å². The van der Waals surface area contributed by atoms with E-state index in [0.717, 1.165) is 5.57 Å². The Hall–Kier alpha value is -2.41. The fourth-order valence-electron chi connectivity index (χ4n) is 3.21. The van der Waals surface area contributed by atoms with Crippen molar-refractivity contribution in [2.24, 2.45) is 5.92 Å². The fourth-order valence-corrected chi connectivity index (χ4v) is 3.69. The van der Waals surface area contributed by atoms with Crippen LogP contribution in [0.15, 0.2) is 54.7 Å². The van der Waals surface area contributed by atoms with Gasteiger partial charge < -0.3 is 9.47 Å². The van der Waals surface area contributed by atoms with E-state index in [4.69, 9.17) is 32.7 Å². The average Bonchev–Trinajstić information content (AvgIpc) is 3.22. The van der Waals surface area contributed by atoms with Crippen molar-refractivity contribution in [2.75, 3.05) is 6.61 Å². The second-order valence-electron chi connectivity index (χ2n) is 6.60. The minimum absolute atomic E-state index is 0.0666. The Morgan fingerprint density at radius 1 is 1.32 bits per heavy atom. The molecule has 0 aliphatic carbocycles. The third kappa shape index (κ3) is 3.39. The Balaban J connectivity index is 1.52. The van der Waals surface area contributed by atoms with Crippen LogP contribution in [0.1, 0.15) is 23.5 Å². The lowest BCUT2D eigenvalue weighted by Crippen LogP contribution is -2.20. The van der Waals surface area contributed by atoms with E-state index in [1.54, 1.807) is 41.2 Å². The van der Waals surface area contributed by atoms with Crippen molar-refractivity contribution in [2.45, 2.75) is 19.3 Å². The van der Waals surface area contributed by atoms with Crippen LogP contribution in [0.5, 0.6) is 0 Å². The number of carbonyl (C=O) groups is 1. The highest BCUT2D eigenvalue weighted by molar-refractivity contribution is 6.37. The molecule has 1 aliphatic rings. The summed E-state index contributed by atoms with van der Waals surface area (Å²) in [5.74, 6) is -0.471. The van der Waals surface area contributed by atoms with Gasteiger partial charge in [-0.1, -0.05) is 54.9 Å². The predicted molar refractivity (Wildman–Crippen MR) is 106 cm³/mol. The number of hydrogen-bond donors (Lipinski definition) is 0. The molecule has 0 spiro atoms. The van der Waals surface area contributed by atoms with Crippen molar-refractivity contribution in [3.8, 4) is 0 Å². The maximum Gasteiger partial charge on any atom is 0.338 e. The highest BCUT2D eigenvalue weighted by Gasteiger charge is 2.39. The Morgan fingerprint density at radius 3 is 2.82 bits per heavy atom. The summed E-state index contributed by atoms with van der Waals surface area (Å²) in [5, 5.41) is 5.81. The van der Waals surface area contributed by atoms with E-state index in [-0.39, 0.29) is 17.7 Å². The van der Waals surface area contributed by atoms with Gasteiger partial charge in [0.15, 0.2) is 11.9 Å². The summed E-state index contributed by atoms with van der Waals surface area (Å²) >= 11 is 12.3. The van der Waals surface area contributed by atoms with E-state index in [0.29, 0.717) is 21.6 Å². The molecule has 1 aromatic carbocycles. The van der Waals surface area contributed by atoms with Crippen LogP contribution in [0.3, 0.4) is 0 Å². The smallest absolute Gasteiger partial charge is 0.338 e. The Kier molecular flexibility index (Phi) is 5.10. The number of pyridine rings is 1. The standard InChI is InChI=1S/C20H17Cl2N3O3/c1-11-12(2)19(25-18-14(9-23-25)15(21)8-17(22)24-18)28-16(11)10-27-20(26)13-6-4-3-5-7-13/h3-9,12,16,19H,1,10H2,2H3/t12-,16-,19-/m1/s1. The quantitative estimate of drug-likeness (QED) is 0.350. The molecule has 144 valence electrons.